The molecule has 0 atom stereocenters. The van der Waals surface area contributed by atoms with Gasteiger partial charge in [0, 0.05) is 24.0 Å². The molecule has 3 heterocycles. The first-order chi connectivity index (χ1) is 13.4. The molecule has 1 aliphatic heterocycles. The van der Waals surface area contributed by atoms with Gasteiger partial charge in [-0.3, -0.25) is 9.59 Å². The molecule has 0 saturated carbocycles. The fourth-order valence-corrected chi connectivity index (χ4v) is 3.72. The van der Waals surface area contributed by atoms with Gasteiger partial charge in [-0.05, 0) is 57.4 Å². The number of hydrogen-bond donors (Lipinski definition) is 0. The van der Waals surface area contributed by atoms with E-state index in [0.29, 0.717) is 12.4 Å². The van der Waals surface area contributed by atoms with Crippen LogP contribution in [0.3, 0.4) is 0 Å². The summed E-state index contributed by atoms with van der Waals surface area (Å²) in [6, 6.07) is 11.1. The van der Waals surface area contributed by atoms with Crippen LogP contribution >= 0.6 is 0 Å². The third-order valence-electron chi connectivity index (χ3n) is 5.02. The molecule has 1 aromatic carbocycles. The highest BCUT2D eigenvalue weighted by Gasteiger charge is 2.23. The number of nitrogens with zero attached hydrogens (tertiary/aromatic N) is 5. The van der Waals surface area contributed by atoms with Gasteiger partial charge in [0.05, 0.1) is 5.69 Å². The normalized spacial score (nSPS) is 13.5. The van der Waals surface area contributed by atoms with Crippen LogP contribution < -0.4 is 10.5 Å². The highest BCUT2D eigenvalue weighted by Crippen LogP contribution is 2.28. The zero-order chi connectivity index (χ0) is 19.8. The second-order valence-corrected chi connectivity index (χ2v) is 7.31. The molecule has 2 aromatic heterocycles. The first kappa shape index (κ1) is 18.2. The van der Waals surface area contributed by atoms with Crippen LogP contribution in [0.15, 0.2) is 41.2 Å². The van der Waals surface area contributed by atoms with Crippen LogP contribution in [-0.2, 0) is 17.8 Å². The highest BCUT2D eigenvalue weighted by molar-refractivity contribution is 5.94. The zero-order valence-corrected chi connectivity index (χ0v) is 16.3. The maximum Gasteiger partial charge on any atom is 0.267 e. The van der Waals surface area contributed by atoms with Gasteiger partial charge in [0.2, 0.25) is 5.91 Å². The van der Waals surface area contributed by atoms with Gasteiger partial charge in [-0.1, -0.05) is 17.7 Å². The third-order valence-corrected chi connectivity index (χ3v) is 5.02. The van der Waals surface area contributed by atoms with Crippen molar-refractivity contribution in [1.29, 1.82) is 0 Å². The SMILES string of the molecule is Cc1ccc2c(c1)CCCN2C(=O)Cn1nc(-n2nc(C)cc2C)ccc1=O. The van der Waals surface area contributed by atoms with Crippen molar-refractivity contribution in [2.24, 2.45) is 0 Å². The Morgan fingerprint density at radius 3 is 2.64 bits per heavy atom. The zero-order valence-electron chi connectivity index (χ0n) is 16.3. The topological polar surface area (TPSA) is 73.0 Å². The van der Waals surface area contributed by atoms with Gasteiger partial charge in [0.15, 0.2) is 5.82 Å². The number of carbonyl (C=O) groups excluding carboxylic acids is 1. The fourth-order valence-electron chi connectivity index (χ4n) is 3.72. The summed E-state index contributed by atoms with van der Waals surface area (Å²) in [7, 11) is 0. The molecule has 7 nitrogen and oxygen atoms in total. The Morgan fingerprint density at radius 2 is 1.89 bits per heavy atom. The molecule has 1 aliphatic rings. The van der Waals surface area contributed by atoms with Crippen LogP contribution in [0.25, 0.3) is 5.82 Å². The summed E-state index contributed by atoms with van der Waals surface area (Å²) >= 11 is 0. The number of benzene rings is 1. The average molecular weight is 377 g/mol. The van der Waals surface area contributed by atoms with Crippen LogP contribution in [0.5, 0.6) is 0 Å². The molecule has 0 aliphatic carbocycles. The second kappa shape index (κ2) is 7.07. The maximum absolute atomic E-state index is 13.0. The standard InChI is InChI=1S/C21H23N5O2/c1-14-6-7-18-17(11-14)5-4-10-24(18)21(28)13-25-20(27)9-8-19(23-25)26-16(3)12-15(2)22-26/h6-9,11-12H,4-5,10,13H2,1-3H3. The quantitative estimate of drug-likeness (QED) is 0.702. The minimum Gasteiger partial charge on any atom is -0.311 e. The lowest BCUT2D eigenvalue weighted by atomic mass is 9.99. The van der Waals surface area contributed by atoms with E-state index < -0.39 is 0 Å². The molecule has 4 rings (SSSR count). The minimum absolute atomic E-state index is 0.0979. The number of hydrogen-bond acceptors (Lipinski definition) is 4. The van der Waals surface area contributed by atoms with Crippen molar-refractivity contribution in [3.8, 4) is 5.82 Å². The van der Waals surface area contributed by atoms with E-state index in [4.69, 9.17) is 0 Å². The molecule has 1 amide bonds. The van der Waals surface area contributed by atoms with Crippen molar-refractivity contribution in [2.75, 3.05) is 11.4 Å². The van der Waals surface area contributed by atoms with E-state index in [1.54, 1.807) is 15.6 Å². The van der Waals surface area contributed by atoms with Crippen LogP contribution in [-0.4, -0.2) is 32.0 Å². The number of amides is 1. The van der Waals surface area contributed by atoms with Gasteiger partial charge in [-0.15, -0.1) is 5.10 Å². The Morgan fingerprint density at radius 1 is 1.07 bits per heavy atom. The summed E-state index contributed by atoms with van der Waals surface area (Å²) in [5.41, 5.74) is 4.78. The molecule has 0 fully saturated rings. The molecule has 0 saturated heterocycles. The Hall–Kier alpha value is -3.22. The van der Waals surface area contributed by atoms with Gasteiger partial charge >= 0.3 is 0 Å². The van der Waals surface area contributed by atoms with Crippen molar-refractivity contribution in [2.45, 2.75) is 40.2 Å². The van der Waals surface area contributed by atoms with E-state index in [0.717, 1.165) is 29.9 Å². The van der Waals surface area contributed by atoms with E-state index >= 15 is 0 Å². The number of anilines is 1. The number of rotatable bonds is 3. The third kappa shape index (κ3) is 3.35. The lowest BCUT2D eigenvalue weighted by Crippen LogP contribution is -2.40. The average Bonchev–Trinajstić information content (AvgIpc) is 3.00. The van der Waals surface area contributed by atoms with Crippen LogP contribution in [0.4, 0.5) is 5.69 Å². The Kier molecular flexibility index (Phi) is 4.58. The summed E-state index contributed by atoms with van der Waals surface area (Å²) in [6.45, 7) is 6.43. The molecular weight excluding hydrogens is 354 g/mol. The van der Waals surface area contributed by atoms with Gasteiger partial charge in [-0.25, -0.2) is 9.36 Å². The molecule has 0 N–H and O–H groups in total. The largest absolute Gasteiger partial charge is 0.311 e. The number of aryl methyl sites for hydroxylation is 4. The fraction of sp³-hybridized carbons (Fsp3) is 0.333. The lowest BCUT2D eigenvalue weighted by Gasteiger charge is -2.29. The first-order valence-corrected chi connectivity index (χ1v) is 9.44. The van der Waals surface area contributed by atoms with Crippen molar-refractivity contribution in [1.82, 2.24) is 19.6 Å². The van der Waals surface area contributed by atoms with E-state index in [9.17, 15) is 9.59 Å². The van der Waals surface area contributed by atoms with Gasteiger partial charge in [0.1, 0.15) is 6.54 Å². The van der Waals surface area contributed by atoms with Gasteiger partial charge in [0.25, 0.3) is 5.56 Å². The van der Waals surface area contributed by atoms with Crippen LogP contribution in [0.1, 0.15) is 28.9 Å². The van der Waals surface area contributed by atoms with Crippen molar-refractivity contribution < 1.29 is 4.79 Å². The van der Waals surface area contributed by atoms with Gasteiger partial charge in [-0.2, -0.15) is 5.10 Å². The Labute approximate surface area is 163 Å². The van der Waals surface area contributed by atoms with Crippen molar-refractivity contribution in [3.63, 3.8) is 0 Å². The molecule has 3 aromatic rings. The summed E-state index contributed by atoms with van der Waals surface area (Å²) in [5.74, 6) is 0.387. The van der Waals surface area contributed by atoms with Gasteiger partial charge < -0.3 is 4.90 Å². The van der Waals surface area contributed by atoms with E-state index in [-0.39, 0.29) is 18.0 Å². The number of aromatic nitrogens is 4. The maximum atomic E-state index is 13.0. The summed E-state index contributed by atoms with van der Waals surface area (Å²) < 4.78 is 2.89. The van der Waals surface area contributed by atoms with E-state index in [1.165, 1.54) is 21.9 Å². The minimum atomic E-state index is -0.306. The van der Waals surface area contributed by atoms with E-state index in [1.807, 2.05) is 32.0 Å². The number of carbonyl (C=O) groups is 1. The van der Waals surface area contributed by atoms with E-state index in [2.05, 4.69) is 23.2 Å². The van der Waals surface area contributed by atoms with Crippen LogP contribution in [0.2, 0.25) is 0 Å². The molecule has 0 unspecified atom stereocenters. The summed E-state index contributed by atoms with van der Waals surface area (Å²) in [4.78, 5) is 27.1. The van der Waals surface area contributed by atoms with Crippen molar-refractivity contribution in [3.05, 3.63) is 69.3 Å². The predicted octanol–water partition coefficient (Wildman–Crippen LogP) is 2.33. The predicted molar refractivity (Wildman–Crippen MR) is 107 cm³/mol. The molecule has 0 bridgehead atoms. The smallest absolute Gasteiger partial charge is 0.267 e. The second-order valence-electron chi connectivity index (χ2n) is 7.31. The molecule has 144 valence electrons. The first-order valence-electron chi connectivity index (χ1n) is 9.44. The molecule has 28 heavy (non-hydrogen) atoms. The summed E-state index contributed by atoms with van der Waals surface area (Å²) in [5, 5.41) is 8.78. The highest BCUT2D eigenvalue weighted by atomic mass is 16.2. The molecular formula is C21H23N5O2. The molecule has 0 spiro atoms. The molecule has 7 heteroatoms. The summed E-state index contributed by atoms with van der Waals surface area (Å²) in [6.07, 6.45) is 1.88. The lowest BCUT2D eigenvalue weighted by molar-refractivity contribution is -0.119. The molecule has 0 radical (unpaired) electrons. The number of fused-ring (bicyclic) bond motifs is 1. The monoisotopic (exact) mass is 377 g/mol. The Bertz CT molecular complexity index is 1110. The van der Waals surface area contributed by atoms with Crippen molar-refractivity contribution >= 4 is 11.6 Å². The van der Waals surface area contributed by atoms with Crippen LogP contribution in [0, 0.1) is 20.8 Å². The Balaban J connectivity index is 1.63.